The molecule has 27 heavy (non-hydrogen) atoms. The van der Waals surface area contributed by atoms with E-state index in [2.05, 4.69) is 60.5 Å². The number of anilines is 1. The SMILES string of the molecule is CN1/C(=C/[P@](=O)(C2CCCCC2)N2CCOCC2)C(C)(C)c2ccccc21. The van der Waals surface area contributed by atoms with Crippen LogP contribution in [0.4, 0.5) is 5.69 Å². The minimum atomic E-state index is -2.62. The van der Waals surface area contributed by atoms with Crippen molar-refractivity contribution in [3.05, 3.63) is 41.3 Å². The van der Waals surface area contributed by atoms with Crippen molar-refractivity contribution in [3.63, 3.8) is 0 Å². The summed E-state index contributed by atoms with van der Waals surface area (Å²) in [5, 5.41) is 0. The van der Waals surface area contributed by atoms with Gasteiger partial charge in [0.05, 0.1) is 13.2 Å². The van der Waals surface area contributed by atoms with E-state index in [1.165, 1.54) is 36.2 Å². The zero-order chi connectivity index (χ0) is 19.1. The Kier molecular flexibility index (Phi) is 5.26. The quantitative estimate of drug-likeness (QED) is 0.667. The topological polar surface area (TPSA) is 32.8 Å². The van der Waals surface area contributed by atoms with E-state index in [1.807, 2.05) is 0 Å². The molecule has 2 heterocycles. The zero-order valence-corrected chi connectivity index (χ0v) is 17.9. The molecule has 1 atom stereocenters. The molecule has 0 aromatic heterocycles. The molecule has 3 aliphatic rings. The second-order valence-corrected chi connectivity index (χ2v) is 11.6. The first-order chi connectivity index (χ1) is 12.9. The molecule has 148 valence electrons. The van der Waals surface area contributed by atoms with Crippen molar-refractivity contribution >= 4 is 13.0 Å². The number of allylic oxidation sites excluding steroid dienone is 1. The summed E-state index contributed by atoms with van der Waals surface area (Å²) >= 11 is 0. The molecule has 4 nitrogen and oxygen atoms in total. The summed E-state index contributed by atoms with van der Waals surface area (Å²) in [6.07, 6.45) is 5.89. The number of fused-ring (bicyclic) bond motifs is 1. The highest BCUT2D eigenvalue weighted by Gasteiger charge is 2.44. The van der Waals surface area contributed by atoms with Gasteiger partial charge in [-0.15, -0.1) is 0 Å². The largest absolute Gasteiger partial charge is 0.379 e. The van der Waals surface area contributed by atoms with Gasteiger partial charge in [-0.3, -0.25) is 0 Å². The Labute approximate surface area is 164 Å². The Bertz CT molecular complexity index is 739. The first-order valence-electron chi connectivity index (χ1n) is 10.4. The maximum absolute atomic E-state index is 14.6. The standard InChI is InChI=1S/C22H33N2O2P/c1-22(2)19-11-7-8-12-20(19)23(3)21(22)17-27(25,18-9-5-4-6-10-18)24-13-15-26-16-14-24/h7-8,11-12,17-18H,4-6,9-10,13-16H2,1-3H3/b21-17+/t27-/m0/s1. The van der Waals surface area contributed by atoms with E-state index in [9.17, 15) is 4.57 Å². The van der Waals surface area contributed by atoms with E-state index < -0.39 is 7.29 Å². The van der Waals surface area contributed by atoms with Gasteiger partial charge >= 0.3 is 0 Å². The van der Waals surface area contributed by atoms with Gasteiger partial charge in [-0.25, -0.2) is 4.67 Å². The van der Waals surface area contributed by atoms with Gasteiger partial charge in [-0.1, -0.05) is 51.3 Å². The lowest BCUT2D eigenvalue weighted by atomic mass is 9.84. The highest BCUT2D eigenvalue weighted by Crippen LogP contribution is 2.62. The van der Waals surface area contributed by atoms with Crippen LogP contribution >= 0.6 is 7.29 Å². The number of para-hydroxylation sites is 1. The molecular weight excluding hydrogens is 355 g/mol. The second kappa shape index (κ2) is 7.39. The summed E-state index contributed by atoms with van der Waals surface area (Å²) in [5.41, 5.74) is 3.94. The number of hydrogen-bond acceptors (Lipinski definition) is 3. The van der Waals surface area contributed by atoms with Crippen molar-refractivity contribution in [1.82, 2.24) is 4.67 Å². The van der Waals surface area contributed by atoms with Gasteiger partial charge < -0.3 is 14.2 Å². The maximum atomic E-state index is 14.6. The first-order valence-corrected chi connectivity index (χ1v) is 12.2. The van der Waals surface area contributed by atoms with Crippen LogP contribution in [0.15, 0.2) is 35.8 Å². The summed E-state index contributed by atoms with van der Waals surface area (Å²) in [4.78, 5) is 2.27. The monoisotopic (exact) mass is 388 g/mol. The van der Waals surface area contributed by atoms with Crippen LogP contribution in [0.1, 0.15) is 51.5 Å². The molecule has 2 aliphatic heterocycles. The third-order valence-electron chi connectivity index (χ3n) is 6.78. The van der Waals surface area contributed by atoms with Crippen molar-refractivity contribution in [2.75, 3.05) is 38.3 Å². The predicted octanol–water partition coefficient (Wildman–Crippen LogP) is 5.20. The lowest BCUT2D eigenvalue weighted by Crippen LogP contribution is -2.37. The number of ether oxygens (including phenoxy) is 1. The summed E-state index contributed by atoms with van der Waals surface area (Å²) in [6.45, 7) is 7.50. The molecule has 0 radical (unpaired) electrons. The summed E-state index contributed by atoms with van der Waals surface area (Å²) in [5.74, 6) is 2.20. The summed E-state index contributed by atoms with van der Waals surface area (Å²) < 4.78 is 22.5. The van der Waals surface area contributed by atoms with Gasteiger partial charge in [-0.2, -0.15) is 0 Å². The normalized spacial score (nSPS) is 27.5. The van der Waals surface area contributed by atoms with Crippen LogP contribution in [-0.4, -0.2) is 43.7 Å². The molecule has 0 N–H and O–H groups in total. The Balaban J connectivity index is 1.78. The first kappa shape index (κ1) is 19.2. The molecule has 1 aliphatic carbocycles. The molecule has 4 rings (SSSR count). The second-order valence-electron chi connectivity index (χ2n) is 8.75. The number of rotatable bonds is 3. The third-order valence-corrected chi connectivity index (χ3v) is 10.2. The predicted molar refractivity (Wildman–Crippen MR) is 113 cm³/mol. The van der Waals surface area contributed by atoms with Gasteiger partial charge in [0, 0.05) is 48.4 Å². The fraction of sp³-hybridized carbons (Fsp3) is 0.636. The Morgan fingerprint density at radius 3 is 2.44 bits per heavy atom. The molecule has 2 fully saturated rings. The smallest absolute Gasteiger partial charge is 0.176 e. The maximum Gasteiger partial charge on any atom is 0.176 e. The minimum Gasteiger partial charge on any atom is -0.379 e. The lowest BCUT2D eigenvalue weighted by Gasteiger charge is -2.40. The van der Waals surface area contributed by atoms with Gasteiger partial charge in [0.25, 0.3) is 0 Å². The number of hydrogen-bond donors (Lipinski definition) is 0. The van der Waals surface area contributed by atoms with Crippen LogP contribution in [0.25, 0.3) is 0 Å². The highest BCUT2D eigenvalue weighted by atomic mass is 31.2. The average Bonchev–Trinajstić information content (AvgIpc) is 2.90. The molecule has 0 amide bonds. The van der Waals surface area contributed by atoms with E-state index in [1.54, 1.807) is 0 Å². The van der Waals surface area contributed by atoms with Crippen LogP contribution in [0.2, 0.25) is 0 Å². The van der Waals surface area contributed by atoms with Gasteiger partial charge in [0.15, 0.2) is 7.29 Å². The van der Waals surface area contributed by atoms with Gasteiger partial charge in [0.1, 0.15) is 0 Å². The number of likely N-dealkylation sites (N-methyl/N-ethyl adjacent to an activating group) is 1. The van der Waals surface area contributed by atoms with Gasteiger partial charge in [0.2, 0.25) is 0 Å². The third kappa shape index (κ3) is 3.30. The fourth-order valence-corrected chi connectivity index (χ4v) is 8.72. The van der Waals surface area contributed by atoms with Crippen LogP contribution in [0.3, 0.4) is 0 Å². The van der Waals surface area contributed by atoms with Crippen LogP contribution in [0.5, 0.6) is 0 Å². The molecule has 0 unspecified atom stereocenters. The van der Waals surface area contributed by atoms with E-state index in [4.69, 9.17) is 4.74 Å². The average molecular weight is 388 g/mol. The van der Waals surface area contributed by atoms with E-state index in [0.717, 1.165) is 25.9 Å². The van der Waals surface area contributed by atoms with E-state index in [0.29, 0.717) is 18.9 Å². The van der Waals surface area contributed by atoms with Crippen LogP contribution < -0.4 is 4.90 Å². The molecule has 5 heteroatoms. The van der Waals surface area contributed by atoms with Crippen molar-refractivity contribution in [3.8, 4) is 0 Å². The van der Waals surface area contributed by atoms with Crippen LogP contribution in [-0.2, 0) is 14.7 Å². The molecule has 1 saturated heterocycles. The lowest BCUT2D eigenvalue weighted by molar-refractivity contribution is 0.0718. The highest BCUT2D eigenvalue weighted by molar-refractivity contribution is 7.65. The van der Waals surface area contributed by atoms with Crippen molar-refractivity contribution in [2.24, 2.45) is 0 Å². The van der Waals surface area contributed by atoms with Crippen molar-refractivity contribution in [1.29, 1.82) is 0 Å². The summed E-state index contributed by atoms with van der Waals surface area (Å²) in [6, 6.07) is 8.60. The Morgan fingerprint density at radius 1 is 1.11 bits per heavy atom. The van der Waals surface area contributed by atoms with Crippen molar-refractivity contribution < 1.29 is 9.30 Å². The molecule has 0 bridgehead atoms. The van der Waals surface area contributed by atoms with Crippen molar-refractivity contribution in [2.45, 2.75) is 57.0 Å². The summed E-state index contributed by atoms with van der Waals surface area (Å²) in [7, 11) is -0.487. The van der Waals surface area contributed by atoms with Crippen LogP contribution in [0, 0.1) is 0 Å². The Hall–Kier alpha value is -1.09. The molecule has 0 spiro atoms. The number of nitrogens with zero attached hydrogens (tertiary/aromatic N) is 2. The molecule has 1 saturated carbocycles. The van der Waals surface area contributed by atoms with E-state index >= 15 is 0 Å². The molecule has 1 aromatic carbocycles. The zero-order valence-electron chi connectivity index (χ0n) is 17.0. The minimum absolute atomic E-state index is 0.123. The number of morpholine rings is 1. The number of benzene rings is 1. The van der Waals surface area contributed by atoms with Gasteiger partial charge in [-0.05, 0) is 24.5 Å². The fourth-order valence-electron chi connectivity index (χ4n) is 5.14. The van der Waals surface area contributed by atoms with E-state index in [-0.39, 0.29) is 5.41 Å². The molecular formula is C22H33N2O2P. The molecule has 1 aromatic rings. The Morgan fingerprint density at radius 2 is 1.78 bits per heavy atom.